The highest BCUT2D eigenvalue weighted by atomic mass is 32.1. The van der Waals surface area contributed by atoms with E-state index in [4.69, 9.17) is 4.18 Å². The highest BCUT2D eigenvalue weighted by molar-refractivity contribution is 7.75. The standard InChI is InChI=1S/C9H17NO2S/c1-8(11)6-10-4-2-9(3-5-10)7-12-13/h9,13H,2-7H2,1H3. The Labute approximate surface area is 85.1 Å². The second-order valence-electron chi connectivity index (χ2n) is 3.72. The Bertz CT molecular complexity index is 167. The Balaban J connectivity index is 2.18. The lowest BCUT2D eigenvalue weighted by atomic mass is 9.98. The average Bonchev–Trinajstić information content (AvgIpc) is 2.08. The summed E-state index contributed by atoms with van der Waals surface area (Å²) < 4.78 is 4.81. The molecule has 0 aliphatic carbocycles. The van der Waals surface area contributed by atoms with Crippen molar-refractivity contribution in [3.63, 3.8) is 0 Å². The number of hydrogen-bond acceptors (Lipinski definition) is 4. The largest absolute Gasteiger partial charge is 0.318 e. The van der Waals surface area contributed by atoms with Crippen molar-refractivity contribution in [2.24, 2.45) is 5.92 Å². The van der Waals surface area contributed by atoms with Crippen LogP contribution >= 0.6 is 12.9 Å². The number of hydrogen-bond donors (Lipinski definition) is 1. The maximum absolute atomic E-state index is 10.8. The fourth-order valence-electron chi connectivity index (χ4n) is 1.73. The third-order valence-corrected chi connectivity index (χ3v) is 2.61. The van der Waals surface area contributed by atoms with Crippen LogP contribution in [0.15, 0.2) is 0 Å². The van der Waals surface area contributed by atoms with E-state index in [-0.39, 0.29) is 5.78 Å². The zero-order valence-corrected chi connectivity index (χ0v) is 8.93. The lowest BCUT2D eigenvalue weighted by Gasteiger charge is -2.30. The van der Waals surface area contributed by atoms with E-state index in [2.05, 4.69) is 17.8 Å². The summed E-state index contributed by atoms with van der Waals surface area (Å²) in [4.78, 5) is 13.0. The molecular formula is C9H17NO2S. The summed E-state index contributed by atoms with van der Waals surface area (Å²) in [6, 6.07) is 0. The number of rotatable bonds is 4. The van der Waals surface area contributed by atoms with Crippen molar-refractivity contribution in [2.75, 3.05) is 26.2 Å². The van der Waals surface area contributed by atoms with Crippen molar-refractivity contribution < 1.29 is 8.98 Å². The molecule has 1 saturated heterocycles. The lowest BCUT2D eigenvalue weighted by molar-refractivity contribution is -0.118. The number of piperidine rings is 1. The van der Waals surface area contributed by atoms with Gasteiger partial charge in [0.15, 0.2) is 0 Å². The summed E-state index contributed by atoms with van der Waals surface area (Å²) in [6.07, 6.45) is 2.24. The summed E-state index contributed by atoms with van der Waals surface area (Å²) in [6.45, 7) is 5.01. The van der Waals surface area contributed by atoms with Crippen LogP contribution < -0.4 is 0 Å². The first-order chi connectivity index (χ1) is 6.22. The van der Waals surface area contributed by atoms with Gasteiger partial charge in [0.25, 0.3) is 0 Å². The van der Waals surface area contributed by atoms with Crippen molar-refractivity contribution in [1.82, 2.24) is 4.90 Å². The lowest BCUT2D eigenvalue weighted by Crippen LogP contribution is -2.37. The van der Waals surface area contributed by atoms with Crippen LogP contribution in [0.2, 0.25) is 0 Å². The van der Waals surface area contributed by atoms with E-state index < -0.39 is 0 Å². The van der Waals surface area contributed by atoms with Gasteiger partial charge in [-0.15, -0.1) is 0 Å². The zero-order chi connectivity index (χ0) is 9.68. The van der Waals surface area contributed by atoms with Crippen LogP contribution in [0.25, 0.3) is 0 Å². The highest BCUT2D eigenvalue weighted by Crippen LogP contribution is 2.17. The molecular weight excluding hydrogens is 186 g/mol. The average molecular weight is 203 g/mol. The first kappa shape index (κ1) is 11.0. The number of Topliss-reactive ketones (excluding diaryl/α,β-unsaturated/α-hetero) is 1. The Morgan fingerprint density at radius 1 is 1.54 bits per heavy atom. The van der Waals surface area contributed by atoms with Gasteiger partial charge in [0, 0.05) is 0 Å². The molecule has 1 fully saturated rings. The van der Waals surface area contributed by atoms with Crippen molar-refractivity contribution in [3.8, 4) is 0 Å². The molecule has 0 aromatic rings. The molecule has 0 saturated carbocycles. The molecule has 0 radical (unpaired) electrons. The van der Waals surface area contributed by atoms with E-state index in [0.717, 1.165) is 32.5 Å². The number of thiol groups is 1. The first-order valence-corrected chi connectivity index (χ1v) is 5.07. The van der Waals surface area contributed by atoms with Gasteiger partial charge in [0.2, 0.25) is 0 Å². The summed E-state index contributed by atoms with van der Waals surface area (Å²) in [7, 11) is 0. The number of carbonyl (C=O) groups excluding carboxylic acids is 1. The molecule has 0 aromatic heterocycles. The van der Waals surface area contributed by atoms with E-state index in [0.29, 0.717) is 12.5 Å². The Morgan fingerprint density at radius 3 is 2.62 bits per heavy atom. The van der Waals surface area contributed by atoms with Crippen LogP contribution in [-0.4, -0.2) is 36.9 Å². The Hall–Kier alpha value is -0.0600. The van der Waals surface area contributed by atoms with E-state index >= 15 is 0 Å². The van der Waals surface area contributed by atoms with Crippen molar-refractivity contribution in [2.45, 2.75) is 19.8 Å². The van der Waals surface area contributed by atoms with Gasteiger partial charge in [-0.2, -0.15) is 0 Å². The molecule has 1 heterocycles. The summed E-state index contributed by atoms with van der Waals surface area (Å²) in [5, 5.41) is 0. The van der Waals surface area contributed by atoms with Gasteiger partial charge in [0.05, 0.1) is 13.2 Å². The van der Waals surface area contributed by atoms with Crippen LogP contribution in [0.1, 0.15) is 19.8 Å². The predicted molar refractivity (Wildman–Crippen MR) is 54.8 cm³/mol. The third-order valence-electron chi connectivity index (χ3n) is 2.46. The second-order valence-corrected chi connectivity index (χ2v) is 3.98. The number of nitrogens with zero attached hydrogens (tertiary/aromatic N) is 1. The predicted octanol–water partition coefficient (Wildman–Crippen LogP) is 1.15. The van der Waals surface area contributed by atoms with E-state index in [1.165, 1.54) is 0 Å². The smallest absolute Gasteiger partial charge is 0.143 e. The molecule has 0 amide bonds. The van der Waals surface area contributed by atoms with Crippen molar-refractivity contribution in [3.05, 3.63) is 0 Å². The van der Waals surface area contributed by atoms with Crippen molar-refractivity contribution in [1.29, 1.82) is 0 Å². The molecule has 0 N–H and O–H groups in total. The molecule has 0 bridgehead atoms. The van der Waals surface area contributed by atoms with Crippen LogP contribution in [0, 0.1) is 5.92 Å². The Morgan fingerprint density at radius 2 is 2.15 bits per heavy atom. The molecule has 76 valence electrons. The zero-order valence-electron chi connectivity index (χ0n) is 8.03. The minimum atomic E-state index is 0.254. The van der Waals surface area contributed by atoms with E-state index in [1.54, 1.807) is 6.92 Å². The normalized spacial score (nSPS) is 20.5. The second kappa shape index (κ2) is 5.62. The van der Waals surface area contributed by atoms with Gasteiger partial charge < -0.3 is 4.18 Å². The molecule has 0 unspecified atom stereocenters. The third kappa shape index (κ3) is 4.11. The van der Waals surface area contributed by atoms with Crippen LogP contribution in [0.3, 0.4) is 0 Å². The van der Waals surface area contributed by atoms with Crippen LogP contribution in [0.5, 0.6) is 0 Å². The molecule has 4 heteroatoms. The molecule has 3 nitrogen and oxygen atoms in total. The molecule has 1 rings (SSSR count). The maximum atomic E-state index is 10.8. The fourth-order valence-corrected chi connectivity index (χ4v) is 1.94. The van der Waals surface area contributed by atoms with E-state index in [1.807, 2.05) is 0 Å². The Kier molecular flexibility index (Phi) is 4.77. The van der Waals surface area contributed by atoms with Gasteiger partial charge in [-0.1, -0.05) is 0 Å². The number of likely N-dealkylation sites (tertiary alicyclic amines) is 1. The van der Waals surface area contributed by atoms with Gasteiger partial charge in [-0.25, -0.2) is 0 Å². The molecule has 13 heavy (non-hydrogen) atoms. The molecule has 0 aromatic carbocycles. The van der Waals surface area contributed by atoms with Gasteiger partial charge in [-0.05, 0) is 51.7 Å². The topological polar surface area (TPSA) is 29.5 Å². The maximum Gasteiger partial charge on any atom is 0.143 e. The molecule has 1 aliphatic heterocycles. The SMILES string of the molecule is CC(=O)CN1CCC(COS)CC1. The van der Waals surface area contributed by atoms with Crippen LogP contribution in [-0.2, 0) is 8.98 Å². The van der Waals surface area contributed by atoms with Gasteiger partial charge >= 0.3 is 0 Å². The summed E-state index contributed by atoms with van der Waals surface area (Å²) in [5.41, 5.74) is 0. The molecule has 0 atom stereocenters. The number of ketones is 1. The summed E-state index contributed by atoms with van der Waals surface area (Å²) in [5.74, 6) is 0.879. The monoisotopic (exact) mass is 203 g/mol. The molecule has 0 spiro atoms. The quantitative estimate of drug-likeness (QED) is 0.549. The number of carbonyl (C=O) groups is 1. The highest BCUT2D eigenvalue weighted by Gasteiger charge is 2.19. The van der Waals surface area contributed by atoms with Gasteiger partial charge in [0.1, 0.15) is 5.78 Å². The van der Waals surface area contributed by atoms with Crippen LogP contribution in [0.4, 0.5) is 0 Å². The molecule has 1 aliphatic rings. The van der Waals surface area contributed by atoms with Crippen molar-refractivity contribution >= 4 is 18.7 Å². The summed E-state index contributed by atoms with van der Waals surface area (Å²) >= 11 is 3.74. The van der Waals surface area contributed by atoms with Gasteiger partial charge in [-0.3, -0.25) is 9.69 Å². The minimum absolute atomic E-state index is 0.254. The fraction of sp³-hybridized carbons (Fsp3) is 0.889. The van der Waals surface area contributed by atoms with E-state index in [9.17, 15) is 4.79 Å². The minimum Gasteiger partial charge on any atom is -0.318 e. The first-order valence-electron chi connectivity index (χ1n) is 4.70.